The third-order valence-electron chi connectivity index (χ3n) is 3.72. The molecule has 0 saturated carbocycles. The molecule has 0 amide bonds. The summed E-state index contributed by atoms with van der Waals surface area (Å²) >= 11 is 0. The number of benzene rings is 2. The van der Waals surface area contributed by atoms with Crippen molar-refractivity contribution in [1.29, 1.82) is 0 Å². The van der Waals surface area contributed by atoms with Gasteiger partial charge in [-0.25, -0.2) is 9.78 Å². The molecule has 3 N–H and O–H groups in total. The molecule has 9 heteroatoms. The van der Waals surface area contributed by atoms with Crippen LogP contribution >= 0.6 is 0 Å². The van der Waals surface area contributed by atoms with Gasteiger partial charge in [0.15, 0.2) is 18.1 Å². The van der Waals surface area contributed by atoms with Crippen molar-refractivity contribution in [3.05, 3.63) is 72.3 Å². The Balaban J connectivity index is 1.47. The minimum absolute atomic E-state index is 0.0185. The van der Waals surface area contributed by atoms with Gasteiger partial charge < -0.3 is 15.8 Å². The number of hydrogen-bond acceptors (Lipinski definition) is 9. The van der Waals surface area contributed by atoms with Crippen molar-refractivity contribution in [2.75, 3.05) is 11.1 Å². The molecular weight excluding hydrogens is 358 g/mol. The molecule has 4 aromatic rings. The molecule has 138 valence electrons. The van der Waals surface area contributed by atoms with Crippen LogP contribution in [-0.2, 0) is 11.3 Å². The maximum Gasteiger partial charge on any atom is 0.359 e. The summed E-state index contributed by atoms with van der Waals surface area (Å²) in [5, 5.41) is 3.02. The number of rotatable bonds is 5. The highest BCUT2D eigenvalue weighted by Gasteiger charge is 2.13. The van der Waals surface area contributed by atoms with Gasteiger partial charge in [-0.15, -0.1) is 0 Å². The molecule has 2 aromatic heterocycles. The molecule has 9 nitrogen and oxygen atoms in total. The predicted octanol–water partition coefficient (Wildman–Crippen LogP) is 2.50. The second-order valence-corrected chi connectivity index (χ2v) is 5.74. The van der Waals surface area contributed by atoms with Crippen LogP contribution < -0.4 is 11.1 Å². The van der Waals surface area contributed by atoms with E-state index < -0.39 is 5.97 Å². The molecule has 0 fully saturated rings. The van der Waals surface area contributed by atoms with E-state index in [0.717, 1.165) is 5.69 Å². The summed E-state index contributed by atoms with van der Waals surface area (Å²) < 4.78 is 5.25. The van der Waals surface area contributed by atoms with Crippen molar-refractivity contribution in [1.82, 2.24) is 24.9 Å². The first kappa shape index (κ1) is 17.3. The van der Waals surface area contributed by atoms with E-state index in [4.69, 9.17) is 10.5 Å². The summed E-state index contributed by atoms with van der Waals surface area (Å²) in [6, 6.07) is 16.6. The van der Waals surface area contributed by atoms with E-state index in [2.05, 4.69) is 30.2 Å². The average molecular weight is 373 g/mol. The first-order valence-corrected chi connectivity index (χ1v) is 8.39. The summed E-state index contributed by atoms with van der Waals surface area (Å²) in [4.78, 5) is 33.0. The number of para-hydroxylation sites is 3. The maximum atomic E-state index is 12.3. The van der Waals surface area contributed by atoms with E-state index >= 15 is 0 Å². The highest BCUT2D eigenvalue weighted by atomic mass is 16.5. The molecule has 0 atom stereocenters. The SMILES string of the molecule is Nc1nc(COC(=O)c2cnc3ccccc3n2)nc(Nc2ccccc2)n1. The minimum atomic E-state index is -0.630. The first-order chi connectivity index (χ1) is 13.7. The van der Waals surface area contributed by atoms with Gasteiger partial charge in [-0.2, -0.15) is 15.0 Å². The third-order valence-corrected chi connectivity index (χ3v) is 3.72. The lowest BCUT2D eigenvalue weighted by Crippen LogP contribution is -2.12. The number of nitrogens with one attached hydrogen (secondary N) is 1. The topological polar surface area (TPSA) is 129 Å². The first-order valence-electron chi connectivity index (χ1n) is 8.39. The molecule has 0 saturated heterocycles. The van der Waals surface area contributed by atoms with Gasteiger partial charge in [0.1, 0.15) is 0 Å². The smallest absolute Gasteiger partial charge is 0.359 e. The van der Waals surface area contributed by atoms with Crippen molar-refractivity contribution < 1.29 is 9.53 Å². The standard InChI is InChI=1S/C19H15N7O2/c20-18-24-16(25-19(26-18)22-12-6-2-1-3-7-12)11-28-17(27)15-10-21-13-8-4-5-9-14(13)23-15/h1-10H,11H2,(H3,20,22,24,25,26). The molecule has 0 radical (unpaired) electrons. The van der Waals surface area contributed by atoms with Gasteiger partial charge in [-0.05, 0) is 24.3 Å². The number of hydrogen-bond donors (Lipinski definition) is 2. The number of nitrogen functional groups attached to an aromatic ring is 1. The van der Waals surface area contributed by atoms with Crippen LogP contribution in [-0.4, -0.2) is 30.9 Å². The van der Waals surface area contributed by atoms with Crippen LogP contribution in [0.15, 0.2) is 60.8 Å². The Morgan fingerprint density at radius 1 is 0.929 bits per heavy atom. The summed E-state index contributed by atoms with van der Waals surface area (Å²) in [6.07, 6.45) is 1.37. The third kappa shape index (κ3) is 3.98. The molecule has 2 heterocycles. The van der Waals surface area contributed by atoms with E-state index in [9.17, 15) is 4.79 Å². The molecule has 0 bridgehead atoms. The number of nitrogens with zero attached hydrogens (tertiary/aromatic N) is 5. The van der Waals surface area contributed by atoms with Crippen LogP contribution in [0.5, 0.6) is 0 Å². The zero-order valence-electron chi connectivity index (χ0n) is 14.6. The molecule has 0 aliphatic carbocycles. The quantitative estimate of drug-likeness (QED) is 0.507. The van der Waals surface area contributed by atoms with Crippen LogP contribution in [0.1, 0.15) is 16.3 Å². The van der Waals surface area contributed by atoms with Gasteiger partial charge in [-0.3, -0.25) is 4.98 Å². The molecule has 2 aromatic carbocycles. The maximum absolute atomic E-state index is 12.3. The zero-order valence-corrected chi connectivity index (χ0v) is 14.6. The van der Waals surface area contributed by atoms with Gasteiger partial charge in [0.25, 0.3) is 0 Å². The van der Waals surface area contributed by atoms with Crippen LogP contribution in [0.2, 0.25) is 0 Å². The van der Waals surface area contributed by atoms with E-state index in [1.807, 2.05) is 48.5 Å². The molecule has 0 aliphatic rings. The fraction of sp³-hybridized carbons (Fsp3) is 0.0526. The van der Waals surface area contributed by atoms with Crippen molar-refractivity contribution >= 4 is 34.6 Å². The fourth-order valence-electron chi connectivity index (χ4n) is 2.47. The normalized spacial score (nSPS) is 10.6. The van der Waals surface area contributed by atoms with Crippen molar-refractivity contribution in [3.8, 4) is 0 Å². The van der Waals surface area contributed by atoms with Crippen LogP contribution in [0.25, 0.3) is 11.0 Å². The summed E-state index contributed by atoms with van der Waals surface area (Å²) in [5.74, 6) is -0.136. The largest absolute Gasteiger partial charge is 0.453 e. The van der Waals surface area contributed by atoms with Crippen LogP contribution in [0.3, 0.4) is 0 Å². The predicted molar refractivity (Wildman–Crippen MR) is 103 cm³/mol. The summed E-state index contributed by atoms with van der Waals surface area (Å²) in [7, 11) is 0. The number of carbonyl (C=O) groups excluding carboxylic acids is 1. The van der Waals surface area contributed by atoms with Gasteiger partial charge in [0.05, 0.1) is 17.2 Å². The lowest BCUT2D eigenvalue weighted by Gasteiger charge is -2.08. The number of aromatic nitrogens is 5. The van der Waals surface area contributed by atoms with Gasteiger partial charge in [-0.1, -0.05) is 30.3 Å². The number of nitrogens with two attached hydrogens (primary N) is 1. The Morgan fingerprint density at radius 3 is 2.50 bits per heavy atom. The Bertz CT molecular complexity index is 1140. The van der Waals surface area contributed by atoms with Gasteiger partial charge >= 0.3 is 5.97 Å². The van der Waals surface area contributed by atoms with E-state index in [0.29, 0.717) is 11.0 Å². The molecule has 0 unspecified atom stereocenters. The molecular formula is C19H15N7O2. The number of carbonyl (C=O) groups is 1. The van der Waals surface area contributed by atoms with Crippen LogP contribution in [0, 0.1) is 0 Å². The second-order valence-electron chi connectivity index (χ2n) is 5.74. The molecule has 0 spiro atoms. The Morgan fingerprint density at radius 2 is 1.68 bits per heavy atom. The number of fused-ring (bicyclic) bond motifs is 1. The van der Waals surface area contributed by atoms with E-state index in [1.54, 1.807) is 6.07 Å². The van der Waals surface area contributed by atoms with E-state index in [1.165, 1.54) is 6.20 Å². The number of esters is 1. The Kier molecular flexibility index (Phi) is 4.70. The number of ether oxygens (including phenoxy) is 1. The lowest BCUT2D eigenvalue weighted by molar-refractivity contribution is 0.0455. The van der Waals surface area contributed by atoms with Crippen molar-refractivity contribution in [3.63, 3.8) is 0 Å². The molecule has 0 aliphatic heterocycles. The second kappa shape index (κ2) is 7.62. The highest BCUT2D eigenvalue weighted by molar-refractivity contribution is 5.89. The van der Waals surface area contributed by atoms with Gasteiger partial charge in [0, 0.05) is 5.69 Å². The molecule has 4 rings (SSSR count). The summed E-state index contributed by atoms with van der Waals surface area (Å²) in [5.41, 5.74) is 7.92. The van der Waals surface area contributed by atoms with Crippen molar-refractivity contribution in [2.24, 2.45) is 0 Å². The molecule has 28 heavy (non-hydrogen) atoms. The van der Waals surface area contributed by atoms with Crippen LogP contribution in [0.4, 0.5) is 17.6 Å². The minimum Gasteiger partial charge on any atom is -0.453 e. The zero-order chi connectivity index (χ0) is 19.3. The highest BCUT2D eigenvalue weighted by Crippen LogP contribution is 2.14. The monoisotopic (exact) mass is 373 g/mol. The van der Waals surface area contributed by atoms with E-state index in [-0.39, 0.29) is 30.0 Å². The summed E-state index contributed by atoms with van der Waals surface area (Å²) in [6.45, 7) is -0.177. The fourth-order valence-corrected chi connectivity index (χ4v) is 2.47. The number of anilines is 3. The van der Waals surface area contributed by atoms with Crippen molar-refractivity contribution in [2.45, 2.75) is 6.61 Å². The Labute approximate surface area is 159 Å². The lowest BCUT2D eigenvalue weighted by atomic mass is 10.3. The Hall–Kier alpha value is -4.14. The van der Waals surface area contributed by atoms with Gasteiger partial charge in [0.2, 0.25) is 11.9 Å². The average Bonchev–Trinajstić information content (AvgIpc) is 2.72.